The number of amides is 3. The van der Waals surface area contributed by atoms with Crippen molar-refractivity contribution >= 4 is 35.3 Å². The van der Waals surface area contributed by atoms with Gasteiger partial charge in [0.15, 0.2) is 11.6 Å². The van der Waals surface area contributed by atoms with Gasteiger partial charge >= 0.3 is 5.97 Å². The third-order valence-electron chi connectivity index (χ3n) is 5.25. The third-order valence-corrected chi connectivity index (χ3v) is 5.25. The first-order chi connectivity index (χ1) is 18.2. The van der Waals surface area contributed by atoms with Crippen molar-refractivity contribution in [1.29, 1.82) is 0 Å². The molecule has 0 fully saturated rings. The number of carbonyl (C=O) groups excluding carboxylic acids is 6. The van der Waals surface area contributed by atoms with Gasteiger partial charge in [-0.2, -0.15) is 0 Å². The summed E-state index contributed by atoms with van der Waals surface area (Å²) in [4.78, 5) is 70.8. The van der Waals surface area contributed by atoms with Gasteiger partial charge in [0, 0.05) is 37.3 Å². The first-order valence-corrected chi connectivity index (χ1v) is 11.9. The molecule has 0 bridgehead atoms. The second-order valence-electron chi connectivity index (χ2n) is 8.16. The lowest BCUT2D eigenvalue weighted by atomic mass is 10.1. The van der Waals surface area contributed by atoms with E-state index in [1.807, 2.05) is 0 Å². The van der Waals surface area contributed by atoms with Crippen molar-refractivity contribution in [2.24, 2.45) is 5.73 Å². The van der Waals surface area contributed by atoms with E-state index in [1.54, 1.807) is 0 Å². The number of hydrogen-bond donors (Lipinski definition) is 3. The van der Waals surface area contributed by atoms with Gasteiger partial charge in [-0.05, 0) is 30.7 Å². The van der Waals surface area contributed by atoms with Crippen molar-refractivity contribution in [2.75, 3.05) is 46.1 Å². The van der Waals surface area contributed by atoms with Gasteiger partial charge in [-0.1, -0.05) is 0 Å². The average Bonchev–Trinajstić information content (AvgIpc) is 3.21. The van der Waals surface area contributed by atoms with E-state index in [0.717, 1.165) is 17.1 Å². The molecule has 0 saturated carbocycles. The van der Waals surface area contributed by atoms with E-state index in [0.29, 0.717) is 18.6 Å². The van der Waals surface area contributed by atoms with Gasteiger partial charge in [-0.25, -0.2) is 0 Å². The highest BCUT2D eigenvalue weighted by Crippen LogP contribution is 2.15. The number of Topliss-reactive ketones (excluding diaryl/α,β-unsaturated/α-hetero) is 2. The SMILES string of the molecule is NC(=O)[C@H](CO)NCC(=O)COCCOCCCC(=O)c1ccc(OC(=O)CCN2C(=O)C=CC2=O)cc1. The van der Waals surface area contributed by atoms with Crippen molar-refractivity contribution in [3.05, 3.63) is 42.0 Å². The van der Waals surface area contributed by atoms with E-state index >= 15 is 0 Å². The molecule has 2 rings (SSSR count). The van der Waals surface area contributed by atoms with E-state index in [-0.39, 0.29) is 63.1 Å². The second kappa shape index (κ2) is 16.1. The highest BCUT2D eigenvalue weighted by Gasteiger charge is 2.24. The number of rotatable bonds is 19. The number of primary amides is 1. The molecular weight excluding hydrogens is 502 g/mol. The van der Waals surface area contributed by atoms with E-state index in [4.69, 9.17) is 25.1 Å². The minimum atomic E-state index is -0.990. The summed E-state index contributed by atoms with van der Waals surface area (Å²) in [7, 11) is 0. The van der Waals surface area contributed by atoms with Crippen LogP contribution >= 0.6 is 0 Å². The lowest BCUT2D eigenvalue weighted by molar-refractivity contribution is -0.139. The third kappa shape index (κ3) is 10.7. The Morgan fingerprint density at radius 1 is 0.947 bits per heavy atom. The van der Waals surface area contributed by atoms with Crippen LogP contribution in [0.25, 0.3) is 0 Å². The Labute approximate surface area is 218 Å². The van der Waals surface area contributed by atoms with Crippen LogP contribution in [0.2, 0.25) is 0 Å². The van der Waals surface area contributed by atoms with Gasteiger partial charge in [0.1, 0.15) is 18.4 Å². The molecule has 1 aliphatic rings. The highest BCUT2D eigenvalue weighted by atomic mass is 16.5. The van der Waals surface area contributed by atoms with Gasteiger partial charge in [0.25, 0.3) is 11.8 Å². The summed E-state index contributed by atoms with van der Waals surface area (Å²) < 4.78 is 15.7. The fourth-order valence-corrected chi connectivity index (χ4v) is 3.17. The maximum absolute atomic E-state index is 12.3. The number of ether oxygens (including phenoxy) is 3. The second-order valence-corrected chi connectivity index (χ2v) is 8.16. The van der Waals surface area contributed by atoms with Crippen molar-refractivity contribution in [3.63, 3.8) is 0 Å². The van der Waals surface area contributed by atoms with E-state index in [1.165, 1.54) is 24.3 Å². The number of aliphatic hydroxyl groups is 1. The molecule has 0 saturated heterocycles. The Kier molecular flexibility index (Phi) is 12.9. The van der Waals surface area contributed by atoms with E-state index in [2.05, 4.69) is 5.32 Å². The predicted molar refractivity (Wildman–Crippen MR) is 131 cm³/mol. The standard InChI is InChI=1S/C25H31N3O10/c26-25(35)20(15-29)27-14-18(30)16-37-13-12-36-11-1-2-21(31)17-3-5-19(6-4-17)38-24(34)9-10-28-22(32)7-8-23(28)33/h3-8,20,27,29H,1-2,9-16H2,(H2,26,35)/t20-/m0/s1. The zero-order chi connectivity index (χ0) is 27.9. The number of nitrogens with one attached hydrogen (secondary N) is 1. The van der Waals surface area contributed by atoms with Gasteiger partial charge in [-0.15, -0.1) is 0 Å². The van der Waals surface area contributed by atoms with Crippen LogP contribution in [0.4, 0.5) is 0 Å². The van der Waals surface area contributed by atoms with Gasteiger partial charge < -0.3 is 25.1 Å². The fourth-order valence-electron chi connectivity index (χ4n) is 3.17. The van der Waals surface area contributed by atoms with Crippen molar-refractivity contribution in [2.45, 2.75) is 25.3 Å². The van der Waals surface area contributed by atoms with Gasteiger partial charge in [0.05, 0.1) is 32.8 Å². The zero-order valence-electron chi connectivity index (χ0n) is 20.8. The first kappa shape index (κ1) is 30.4. The molecule has 13 nitrogen and oxygen atoms in total. The molecular formula is C25H31N3O10. The normalized spacial score (nSPS) is 13.6. The minimum absolute atomic E-state index is 0.0753. The van der Waals surface area contributed by atoms with Crippen LogP contribution in [-0.2, 0) is 33.4 Å². The van der Waals surface area contributed by atoms with Crippen LogP contribution in [0, 0.1) is 0 Å². The largest absolute Gasteiger partial charge is 0.426 e. The smallest absolute Gasteiger partial charge is 0.312 e. The van der Waals surface area contributed by atoms with Gasteiger partial charge in [0.2, 0.25) is 5.91 Å². The Morgan fingerprint density at radius 2 is 1.61 bits per heavy atom. The van der Waals surface area contributed by atoms with Crippen molar-refractivity contribution in [1.82, 2.24) is 10.2 Å². The molecule has 1 aromatic carbocycles. The number of hydrogen-bond acceptors (Lipinski definition) is 11. The first-order valence-electron chi connectivity index (χ1n) is 11.9. The molecule has 38 heavy (non-hydrogen) atoms. The average molecular weight is 534 g/mol. The predicted octanol–water partition coefficient (Wildman–Crippen LogP) is -1.09. The zero-order valence-corrected chi connectivity index (χ0v) is 20.8. The summed E-state index contributed by atoms with van der Waals surface area (Å²) in [5.41, 5.74) is 5.49. The lowest BCUT2D eigenvalue weighted by Gasteiger charge is -2.12. The highest BCUT2D eigenvalue weighted by molar-refractivity contribution is 6.13. The van der Waals surface area contributed by atoms with Crippen LogP contribution in [0.5, 0.6) is 5.75 Å². The summed E-state index contributed by atoms with van der Waals surface area (Å²) in [5.74, 6) is -2.50. The molecule has 3 amide bonds. The number of benzene rings is 1. The Hall–Kier alpha value is -3.78. The molecule has 1 aliphatic heterocycles. The molecule has 0 spiro atoms. The quantitative estimate of drug-likeness (QED) is 0.0643. The van der Waals surface area contributed by atoms with Crippen molar-refractivity contribution in [3.8, 4) is 5.75 Å². The summed E-state index contributed by atoms with van der Waals surface area (Å²) in [6.07, 6.45) is 2.83. The van der Waals surface area contributed by atoms with Crippen LogP contribution < -0.4 is 15.8 Å². The lowest BCUT2D eigenvalue weighted by Crippen LogP contribution is -2.46. The van der Waals surface area contributed by atoms with Crippen LogP contribution in [0.15, 0.2) is 36.4 Å². The van der Waals surface area contributed by atoms with Crippen molar-refractivity contribution < 1.29 is 48.1 Å². The maximum atomic E-state index is 12.3. The molecule has 1 heterocycles. The molecule has 0 unspecified atom stereocenters. The number of aliphatic hydroxyl groups excluding tert-OH is 1. The number of ketones is 2. The molecule has 0 aromatic heterocycles. The summed E-state index contributed by atoms with van der Waals surface area (Å²) in [6, 6.07) is 5.06. The molecule has 4 N–H and O–H groups in total. The van der Waals surface area contributed by atoms with E-state index < -0.39 is 36.3 Å². The maximum Gasteiger partial charge on any atom is 0.312 e. The number of imide groups is 1. The molecule has 1 atom stereocenters. The minimum Gasteiger partial charge on any atom is -0.426 e. The molecule has 0 aliphatic carbocycles. The van der Waals surface area contributed by atoms with Crippen LogP contribution in [0.1, 0.15) is 29.6 Å². The molecule has 13 heteroatoms. The molecule has 0 radical (unpaired) electrons. The monoisotopic (exact) mass is 533 g/mol. The molecule has 1 aromatic rings. The fraction of sp³-hybridized carbons (Fsp3) is 0.440. The molecule has 206 valence electrons. The Bertz CT molecular complexity index is 1020. The van der Waals surface area contributed by atoms with Crippen LogP contribution in [-0.4, -0.2) is 97.4 Å². The number of nitrogens with two attached hydrogens (primary N) is 1. The summed E-state index contributed by atoms with van der Waals surface area (Å²) >= 11 is 0. The van der Waals surface area contributed by atoms with Crippen LogP contribution in [0.3, 0.4) is 0 Å². The Balaban J connectivity index is 1.54. The van der Waals surface area contributed by atoms with E-state index in [9.17, 15) is 28.8 Å². The van der Waals surface area contributed by atoms with Gasteiger partial charge in [-0.3, -0.25) is 39.0 Å². The number of carbonyl (C=O) groups is 6. The Morgan fingerprint density at radius 3 is 2.24 bits per heavy atom. The topological polar surface area (TPSA) is 192 Å². The summed E-state index contributed by atoms with van der Waals surface area (Å²) in [6.45, 7) is -0.225. The number of nitrogens with zero attached hydrogens (tertiary/aromatic N) is 1. The summed E-state index contributed by atoms with van der Waals surface area (Å²) in [5, 5.41) is 11.5. The number of esters is 1.